The summed E-state index contributed by atoms with van der Waals surface area (Å²) in [6, 6.07) is 2.93. The van der Waals surface area contributed by atoms with Crippen LogP contribution in [0.3, 0.4) is 0 Å². The average Bonchev–Trinajstić information content (AvgIpc) is 2.78. The number of para-hydroxylation sites is 1. The van der Waals surface area contributed by atoms with Crippen molar-refractivity contribution in [1.29, 1.82) is 0 Å². The van der Waals surface area contributed by atoms with Gasteiger partial charge in [-0.05, 0) is 6.07 Å². The van der Waals surface area contributed by atoms with Crippen LogP contribution in [0.1, 0.15) is 18.0 Å². The van der Waals surface area contributed by atoms with Crippen LogP contribution < -0.4 is 14.8 Å². The SMILES string of the molecule is Cl.FC(F)(F)C[C@H](c1cccc2c1OC(F)(F)O2)N1CCNCC1. The molecular formula is C14H16ClF5N2O2. The Bertz CT molecular complexity index is 579. The first-order valence-electron chi connectivity index (χ1n) is 7.15. The first-order valence-corrected chi connectivity index (χ1v) is 7.15. The average molecular weight is 375 g/mol. The van der Waals surface area contributed by atoms with E-state index in [1.165, 1.54) is 18.2 Å². The lowest BCUT2D eigenvalue weighted by Gasteiger charge is -2.35. The van der Waals surface area contributed by atoms with E-state index in [-0.39, 0.29) is 29.5 Å². The number of nitrogens with zero attached hydrogens (tertiary/aromatic N) is 1. The molecule has 2 aliphatic rings. The van der Waals surface area contributed by atoms with Crippen LogP contribution in [-0.4, -0.2) is 43.5 Å². The minimum Gasteiger partial charge on any atom is -0.395 e. The van der Waals surface area contributed by atoms with Gasteiger partial charge in [0.15, 0.2) is 11.5 Å². The summed E-state index contributed by atoms with van der Waals surface area (Å²) in [6.07, 6.45) is -9.43. The summed E-state index contributed by atoms with van der Waals surface area (Å²) in [4.78, 5) is 1.62. The predicted octanol–water partition coefficient (Wildman–Crippen LogP) is 3.33. The van der Waals surface area contributed by atoms with Crippen molar-refractivity contribution >= 4 is 12.4 Å². The van der Waals surface area contributed by atoms with Crippen molar-refractivity contribution in [2.24, 2.45) is 0 Å². The Kier molecular flexibility index (Phi) is 5.46. The quantitative estimate of drug-likeness (QED) is 0.823. The molecule has 0 saturated carbocycles. The zero-order chi connectivity index (χ0) is 16.7. The summed E-state index contributed by atoms with van der Waals surface area (Å²) < 4.78 is 74.3. The van der Waals surface area contributed by atoms with Gasteiger partial charge in [-0.3, -0.25) is 4.90 Å². The van der Waals surface area contributed by atoms with Crippen molar-refractivity contribution in [1.82, 2.24) is 10.2 Å². The highest BCUT2D eigenvalue weighted by Gasteiger charge is 2.46. The van der Waals surface area contributed by atoms with E-state index in [0.717, 1.165) is 0 Å². The molecule has 10 heteroatoms. The van der Waals surface area contributed by atoms with Crippen LogP contribution in [-0.2, 0) is 0 Å². The molecule has 0 aromatic heterocycles. The minimum atomic E-state index is -4.43. The number of fused-ring (bicyclic) bond motifs is 1. The molecule has 1 N–H and O–H groups in total. The molecule has 1 aromatic rings. The van der Waals surface area contributed by atoms with Gasteiger partial charge in [-0.1, -0.05) is 12.1 Å². The highest BCUT2D eigenvalue weighted by Crippen LogP contribution is 2.48. The topological polar surface area (TPSA) is 33.7 Å². The first kappa shape index (κ1) is 19.0. The monoisotopic (exact) mass is 374 g/mol. The van der Waals surface area contributed by atoms with E-state index in [2.05, 4.69) is 14.8 Å². The molecule has 136 valence electrons. The Hall–Kier alpha value is -1.32. The molecule has 1 saturated heterocycles. The number of halogens is 6. The molecule has 0 amide bonds. The second kappa shape index (κ2) is 6.89. The molecule has 1 fully saturated rings. The highest BCUT2D eigenvalue weighted by atomic mass is 35.5. The summed E-state index contributed by atoms with van der Waals surface area (Å²) in [5.74, 6) is -0.555. The van der Waals surface area contributed by atoms with Crippen LogP contribution >= 0.6 is 12.4 Å². The number of nitrogens with one attached hydrogen (secondary N) is 1. The van der Waals surface area contributed by atoms with Gasteiger partial charge in [0.25, 0.3) is 0 Å². The van der Waals surface area contributed by atoms with Crippen molar-refractivity contribution in [2.45, 2.75) is 24.9 Å². The third-order valence-electron chi connectivity index (χ3n) is 3.84. The molecule has 4 nitrogen and oxygen atoms in total. The number of benzene rings is 1. The van der Waals surface area contributed by atoms with Gasteiger partial charge in [-0.15, -0.1) is 21.2 Å². The lowest BCUT2D eigenvalue weighted by atomic mass is 9.99. The third-order valence-corrected chi connectivity index (χ3v) is 3.84. The van der Waals surface area contributed by atoms with E-state index >= 15 is 0 Å². The second-order valence-corrected chi connectivity index (χ2v) is 5.46. The molecule has 24 heavy (non-hydrogen) atoms. The number of hydrogen-bond acceptors (Lipinski definition) is 4. The Balaban J connectivity index is 0.00000208. The molecule has 1 atom stereocenters. The van der Waals surface area contributed by atoms with Crippen molar-refractivity contribution in [2.75, 3.05) is 26.2 Å². The van der Waals surface area contributed by atoms with Gasteiger partial charge in [0.05, 0.1) is 6.42 Å². The molecular weight excluding hydrogens is 359 g/mol. The van der Waals surface area contributed by atoms with Crippen LogP contribution in [0.25, 0.3) is 0 Å². The van der Waals surface area contributed by atoms with E-state index in [9.17, 15) is 22.0 Å². The van der Waals surface area contributed by atoms with E-state index in [1.54, 1.807) is 4.90 Å². The fourth-order valence-electron chi connectivity index (χ4n) is 2.90. The Labute approximate surface area is 141 Å². The maximum atomic E-state index is 13.3. The normalized spacial score (nSPS) is 21.2. The van der Waals surface area contributed by atoms with E-state index in [0.29, 0.717) is 26.2 Å². The molecule has 0 aliphatic carbocycles. The molecule has 1 aromatic carbocycles. The van der Waals surface area contributed by atoms with E-state index < -0.39 is 24.9 Å². The van der Waals surface area contributed by atoms with Crippen LogP contribution in [0.2, 0.25) is 0 Å². The Morgan fingerprint density at radius 1 is 1.17 bits per heavy atom. The van der Waals surface area contributed by atoms with Crippen molar-refractivity contribution < 1.29 is 31.4 Å². The molecule has 0 spiro atoms. The van der Waals surface area contributed by atoms with Gasteiger partial charge >= 0.3 is 12.5 Å². The summed E-state index contributed by atoms with van der Waals surface area (Å²) in [6.45, 7) is 1.86. The zero-order valence-corrected chi connectivity index (χ0v) is 13.2. The molecule has 2 aliphatic heterocycles. The number of hydrogen-bond donors (Lipinski definition) is 1. The van der Waals surface area contributed by atoms with E-state index in [1.807, 2.05) is 0 Å². The number of ether oxygens (including phenoxy) is 2. The van der Waals surface area contributed by atoms with Crippen LogP contribution in [0.15, 0.2) is 18.2 Å². The summed E-state index contributed by atoms with van der Waals surface area (Å²) >= 11 is 0. The van der Waals surface area contributed by atoms with Crippen molar-refractivity contribution in [3.63, 3.8) is 0 Å². The lowest BCUT2D eigenvalue weighted by molar-refractivity contribution is -0.287. The zero-order valence-electron chi connectivity index (χ0n) is 12.4. The van der Waals surface area contributed by atoms with Crippen LogP contribution in [0, 0.1) is 0 Å². The van der Waals surface area contributed by atoms with Gasteiger partial charge in [-0.2, -0.15) is 13.2 Å². The predicted molar refractivity (Wildman–Crippen MR) is 77.7 cm³/mol. The van der Waals surface area contributed by atoms with Gasteiger partial charge in [0.1, 0.15) is 0 Å². The number of rotatable bonds is 3. The molecule has 0 radical (unpaired) electrons. The second-order valence-electron chi connectivity index (χ2n) is 5.46. The standard InChI is InChI=1S/C14H15F5N2O2.ClH/c15-13(16,17)8-10(21-6-4-20-5-7-21)9-2-1-3-11-12(9)23-14(18,19)22-11;/h1-3,10,20H,4-8H2;1H/t10-;/m1./s1. The van der Waals surface area contributed by atoms with Gasteiger partial charge < -0.3 is 14.8 Å². The fraction of sp³-hybridized carbons (Fsp3) is 0.571. The summed E-state index contributed by atoms with van der Waals surface area (Å²) in [7, 11) is 0. The first-order chi connectivity index (χ1) is 10.8. The third kappa shape index (κ3) is 4.20. The molecule has 0 unspecified atom stereocenters. The highest BCUT2D eigenvalue weighted by molar-refractivity contribution is 5.85. The largest absolute Gasteiger partial charge is 0.586 e. The number of piperazine rings is 1. The van der Waals surface area contributed by atoms with Gasteiger partial charge in [0.2, 0.25) is 0 Å². The van der Waals surface area contributed by atoms with Crippen LogP contribution in [0.5, 0.6) is 11.5 Å². The van der Waals surface area contributed by atoms with Gasteiger partial charge in [0, 0.05) is 37.8 Å². The Morgan fingerprint density at radius 3 is 2.46 bits per heavy atom. The molecule has 3 rings (SSSR count). The smallest absolute Gasteiger partial charge is 0.395 e. The van der Waals surface area contributed by atoms with Gasteiger partial charge in [-0.25, -0.2) is 0 Å². The maximum Gasteiger partial charge on any atom is 0.586 e. The van der Waals surface area contributed by atoms with Crippen molar-refractivity contribution in [3.8, 4) is 11.5 Å². The lowest BCUT2D eigenvalue weighted by Crippen LogP contribution is -2.46. The van der Waals surface area contributed by atoms with Crippen LogP contribution in [0.4, 0.5) is 22.0 Å². The maximum absolute atomic E-state index is 13.3. The summed E-state index contributed by atoms with van der Waals surface area (Å²) in [5.41, 5.74) is 0.0684. The number of alkyl halides is 5. The minimum absolute atomic E-state index is 0. The Morgan fingerprint density at radius 2 is 1.83 bits per heavy atom. The summed E-state index contributed by atoms with van der Waals surface area (Å²) in [5, 5.41) is 3.05. The molecule has 0 bridgehead atoms. The van der Waals surface area contributed by atoms with E-state index in [4.69, 9.17) is 0 Å². The van der Waals surface area contributed by atoms with Crippen molar-refractivity contribution in [3.05, 3.63) is 23.8 Å². The fourth-order valence-corrected chi connectivity index (χ4v) is 2.90. The molecule has 2 heterocycles.